The smallest absolute Gasteiger partial charge is 0.293 e. The fraction of sp³-hybridized carbons (Fsp3) is 0.533. The van der Waals surface area contributed by atoms with E-state index in [0.717, 1.165) is 25.7 Å². The van der Waals surface area contributed by atoms with Gasteiger partial charge in [0.05, 0.1) is 16.6 Å². The van der Waals surface area contributed by atoms with Crippen LogP contribution in [-0.4, -0.2) is 26.2 Å². The molecule has 3 atom stereocenters. The molecule has 1 aromatic carbocycles. The van der Waals surface area contributed by atoms with E-state index in [1.54, 1.807) is 12.1 Å². The van der Waals surface area contributed by atoms with Gasteiger partial charge in [0.25, 0.3) is 5.69 Å². The fourth-order valence-electron chi connectivity index (χ4n) is 2.84. The highest BCUT2D eigenvalue weighted by atomic mass is 32.2. The van der Waals surface area contributed by atoms with Gasteiger partial charge in [0.2, 0.25) is 0 Å². The minimum Gasteiger partial charge on any atom is -0.377 e. The standard InChI is InChI=1S/C15H19N3O3S/c1-2-22(21)13-5-3-4-12(9-13)17-14-7-6-11(10-16)8-15(14)18(19)20/h6-8,12-13,17H,2-5,9H2,1H3/t12-,13+,22-/m0/s1. The minimum atomic E-state index is -0.828. The number of nitriles is 1. The zero-order valence-corrected chi connectivity index (χ0v) is 13.3. The third-order valence-corrected chi connectivity index (χ3v) is 5.71. The van der Waals surface area contributed by atoms with E-state index in [0.29, 0.717) is 11.4 Å². The third-order valence-electron chi connectivity index (χ3n) is 3.97. The van der Waals surface area contributed by atoms with Crippen molar-refractivity contribution >= 4 is 22.2 Å². The predicted molar refractivity (Wildman–Crippen MR) is 86.2 cm³/mol. The molecule has 0 bridgehead atoms. The van der Waals surface area contributed by atoms with E-state index >= 15 is 0 Å². The van der Waals surface area contributed by atoms with E-state index in [1.165, 1.54) is 6.07 Å². The van der Waals surface area contributed by atoms with Crippen LogP contribution in [0.25, 0.3) is 0 Å². The second-order valence-corrected chi connectivity index (χ2v) is 7.41. The lowest BCUT2D eigenvalue weighted by Gasteiger charge is -2.29. The second-order valence-electron chi connectivity index (χ2n) is 5.40. The van der Waals surface area contributed by atoms with Crippen LogP contribution in [0.4, 0.5) is 11.4 Å². The minimum absolute atomic E-state index is 0.0842. The van der Waals surface area contributed by atoms with Gasteiger partial charge in [0.1, 0.15) is 5.69 Å². The van der Waals surface area contributed by atoms with E-state index in [4.69, 9.17) is 5.26 Å². The SMILES string of the molecule is CC[S@](=O)[C@@H]1CCC[C@H](Nc2ccc(C#N)cc2[N+](=O)[O-])C1. The lowest BCUT2D eigenvalue weighted by atomic mass is 9.94. The number of hydrogen-bond acceptors (Lipinski definition) is 5. The maximum absolute atomic E-state index is 12.0. The molecule has 1 N–H and O–H groups in total. The highest BCUT2D eigenvalue weighted by Gasteiger charge is 2.27. The summed E-state index contributed by atoms with van der Waals surface area (Å²) in [4.78, 5) is 10.7. The molecule has 1 aliphatic rings. The molecule has 22 heavy (non-hydrogen) atoms. The van der Waals surface area contributed by atoms with Crippen molar-refractivity contribution in [3.05, 3.63) is 33.9 Å². The Morgan fingerprint density at radius 3 is 2.91 bits per heavy atom. The Morgan fingerprint density at radius 2 is 2.27 bits per heavy atom. The summed E-state index contributed by atoms with van der Waals surface area (Å²) in [5, 5.41) is 23.4. The molecule has 0 aromatic heterocycles. The van der Waals surface area contributed by atoms with Crippen LogP contribution in [0.15, 0.2) is 18.2 Å². The first kappa shape index (κ1) is 16.4. The number of nitro groups is 1. The first-order chi connectivity index (χ1) is 10.5. The Morgan fingerprint density at radius 1 is 1.50 bits per heavy atom. The molecular weight excluding hydrogens is 302 g/mol. The zero-order chi connectivity index (χ0) is 16.1. The highest BCUT2D eigenvalue weighted by Crippen LogP contribution is 2.30. The summed E-state index contributed by atoms with van der Waals surface area (Å²) in [6.45, 7) is 1.92. The summed E-state index contributed by atoms with van der Waals surface area (Å²) >= 11 is 0. The van der Waals surface area contributed by atoms with Gasteiger partial charge < -0.3 is 5.32 Å². The van der Waals surface area contributed by atoms with Gasteiger partial charge in [-0.05, 0) is 31.4 Å². The topological polar surface area (TPSA) is 96.0 Å². The van der Waals surface area contributed by atoms with Crippen LogP contribution in [0.5, 0.6) is 0 Å². The molecule has 0 saturated heterocycles. The monoisotopic (exact) mass is 321 g/mol. The summed E-state index contributed by atoms with van der Waals surface area (Å²) in [6, 6.07) is 6.43. The molecule has 1 saturated carbocycles. The molecule has 118 valence electrons. The Labute approximate surface area is 132 Å². The molecule has 1 aromatic rings. The molecule has 0 spiro atoms. The van der Waals surface area contributed by atoms with Gasteiger partial charge in [-0.2, -0.15) is 5.26 Å². The molecule has 0 amide bonds. The van der Waals surface area contributed by atoms with Crippen molar-refractivity contribution in [2.24, 2.45) is 0 Å². The van der Waals surface area contributed by atoms with Crippen molar-refractivity contribution in [2.45, 2.75) is 43.9 Å². The first-order valence-corrected chi connectivity index (χ1v) is 8.75. The van der Waals surface area contributed by atoms with Gasteiger partial charge in [-0.25, -0.2) is 0 Å². The zero-order valence-electron chi connectivity index (χ0n) is 12.4. The second kappa shape index (κ2) is 7.36. The molecule has 0 radical (unpaired) electrons. The van der Waals surface area contributed by atoms with Crippen molar-refractivity contribution in [3.63, 3.8) is 0 Å². The molecule has 0 unspecified atom stereocenters. The number of benzene rings is 1. The largest absolute Gasteiger partial charge is 0.377 e. The van der Waals surface area contributed by atoms with Gasteiger partial charge in [-0.3, -0.25) is 14.3 Å². The number of nitrogens with zero attached hydrogens (tertiary/aromatic N) is 2. The third kappa shape index (κ3) is 3.83. The average Bonchev–Trinajstić information content (AvgIpc) is 2.54. The molecule has 0 heterocycles. The first-order valence-electron chi connectivity index (χ1n) is 7.37. The normalized spacial score (nSPS) is 22.5. The van der Waals surface area contributed by atoms with Crippen LogP contribution in [0, 0.1) is 21.4 Å². The Kier molecular flexibility index (Phi) is 5.50. The van der Waals surface area contributed by atoms with Gasteiger partial charge in [-0.1, -0.05) is 13.3 Å². The molecular formula is C15H19N3O3S. The van der Waals surface area contributed by atoms with E-state index in [9.17, 15) is 14.3 Å². The van der Waals surface area contributed by atoms with Gasteiger partial charge in [0.15, 0.2) is 0 Å². The van der Waals surface area contributed by atoms with Crippen molar-refractivity contribution in [1.29, 1.82) is 5.26 Å². The molecule has 1 aliphatic carbocycles. The summed E-state index contributed by atoms with van der Waals surface area (Å²) < 4.78 is 12.0. The lowest BCUT2D eigenvalue weighted by Crippen LogP contribution is -2.33. The number of nitro benzene ring substituents is 1. The molecule has 2 rings (SSSR count). The van der Waals surface area contributed by atoms with Crippen molar-refractivity contribution in [1.82, 2.24) is 0 Å². The quantitative estimate of drug-likeness (QED) is 0.664. The Balaban J connectivity index is 2.15. The molecule has 6 nitrogen and oxygen atoms in total. The van der Waals surface area contributed by atoms with E-state index in [2.05, 4.69) is 5.32 Å². The maximum Gasteiger partial charge on any atom is 0.293 e. The van der Waals surface area contributed by atoms with E-state index in [-0.39, 0.29) is 22.5 Å². The summed E-state index contributed by atoms with van der Waals surface area (Å²) in [5.41, 5.74) is 0.612. The average molecular weight is 321 g/mol. The Hall–Kier alpha value is -1.94. The lowest BCUT2D eigenvalue weighted by molar-refractivity contribution is -0.384. The fourth-order valence-corrected chi connectivity index (χ4v) is 4.19. The van der Waals surface area contributed by atoms with Crippen LogP contribution in [0.1, 0.15) is 38.2 Å². The van der Waals surface area contributed by atoms with Gasteiger partial charge >= 0.3 is 0 Å². The van der Waals surface area contributed by atoms with Crippen LogP contribution in [0.2, 0.25) is 0 Å². The number of nitrogens with one attached hydrogen (secondary N) is 1. The molecule has 1 fully saturated rings. The van der Waals surface area contributed by atoms with E-state index < -0.39 is 15.7 Å². The molecule has 0 aliphatic heterocycles. The predicted octanol–water partition coefficient (Wildman–Crippen LogP) is 2.96. The van der Waals surface area contributed by atoms with Gasteiger partial charge in [0, 0.05) is 33.9 Å². The summed E-state index contributed by atoms with van der Waals surface area (Å²) in [5.74, 6) is 0.647. The Bertz CT molecular complexity index is 627. The van der Waals surface area contributed by atoms with Crippen molar-refractivity contribution in [3.8, 4) is 6.07 Å². The van der Waals surface area contributed by atoms with Crippen LogP contribution in [-0.2, 0) is 10.8 Å². The van der Waals surface area contributed by atoms with Crippen LogP contribution in [0.3, 0.4) is 0 Å². The van der Waals surface area contributed by atoms with Crippen LogP contribution >= 0.6 is 0 Å². The molecule has 7 heteroatoms. The number of rotatable bonds is 5. The summed E-state index contributed by atoms with van der Waals surface area (Å²) in [6.07, 6.45) is 3.60. The van der Waals surface area contributed by atoms with Gasteiger partial charge in [-0.15, -0.1) is 0 Å². The maximum atomic E-state index is 12.0. The van der Waals surface area contributed by atoms with Crippen molar-refractivity contribution < 1.29 is 9.13 Å². The van der Waals surface area contributed by atoms with Crippen molar-refractivity contribution in [2.75, 3.05) is 11.1 Å². The highest BCUT2D eigenvalue weighted by molar-refractivity contribution is 7.85. The van der Waals surface area contributed by atoms with Crippen LogP contribution < -0.4 is 5.32 Å². The number of hydrogen-bond donors (Lipinski definition) is 1. The number of anilines is 1. The van der Waals surface area contributed by atoms with E-state index in [1.807, 2.05) is 13.0 Å². The summed E-state index contributed by atoms with van der Waals surface area (Å²) in [7, 11) is -0.828.